The molecule has 2 rings (SSSR count). The van der Waals surface area contributed by atoms with Crippen LogP contribution in [0, 0.1) is 6.92 Å². The van der Waals surface area contributed by atoms with Crippen molar-refractivity contribution < 1.29 is 9.47 Å². The smallest absolute Gasteiger partial charge is 0.122 e. The van der Waals surface area contributed by atoms with Crippen molar-refractivity contribution in [2.24, 2.45) is 0 Å². The van der Waals surface area contributed by atoms with Crippen molar-refractivity contribution in [3.8, 4) is 11.5 Å². The molecule has 0 aliphatic rings. The fraction of sp³-hybridized carbons (Fsp3) is 0.583. The highest BCUT2D eigenvalue weighted by atomic mass is 79.9. The molecule has 0 aromatic heterocycles. The zero-order valence-electron chi connectivity index (χ0n) is 17.2. The molecule has 1 unspecified atom stereocenters. The first-order chi connectivity index (χ1) is 13.2. The quantitative estimate of drug-likeness (QED) is 0.236. The van der Waals surface area contributed by atoms with E-state index in [1.54, 1.807) is 0 Å². The van der Waals surface area contributed by atoms with Crippen molar-refractivity contribution in [3.05, 3.63) is 35.9 Å². The third-order valence-corrected chi connectivity index (χ3v) is 6.20. The number of rotatable bonds is 13. The van der Waals surface area contributed by atoms with Gasteiger partial charge < -0.3 is 9.47 Å². The van der Waals surface area contributed by atoms with Gasteiger partial charge in [0.2, 0.25) is 0 Å². The van der Waals surface area contributed by atoms with Gasteiger partial charge in [0.05, 0.1) is 13.2 Å². The van der Waals surface area contributed by atoms with Gasteiger partial charge >= 0.3 is 0 Å². The number of alkyl halides is 1. The molecular formula is C24H35BrO2. The highest BCUT2D eigenvalue weighted by Crippen LogP contribution is 2.30. The van der Waals surface area contributed by atoms with Crippen molar-refractivity contribution in [1.29, 1.82) is 0 Å². The average Bonchev–Trinajstić information content (AvgIpc) is 2.69. The average molecular weight is 435 g/mol. The predicted octanol–water partition coefficient (Wildman–Crippen LogP) is 7.83. The fourth-order valence-electron chi connectivity index (χ4n) is 3.26. The monoisotopic (exact) mass is 434 g/mol. The second-order valence-electron chi connectivity index (χ2n) is 7.33. The van der Waals surface area contributed by atoms with Crippen LogP contribution in [0.25, 0.3) is 10.8 Å². The highest BCUT2D eigenvalue weighted by molar-refractivity contribution is 9.09. The minimum absolute atomic E-state index is 0.643. The number of ether oxygens (including phenoxy) is 2. The zero-order valence-corrected chi connectivity index (χ0v) is 18.8. The van der Waals surface area contributed by atoms with Crippen molar-refractivity contribution in [1.82, 2.24) is 0 Å². The maximum Gasteiger partial charge on any atom is 0.122 e. The summed E-state index contributed by atoms with van der Waals surface area (Å²) < 4.78 is 12.0. The molecule has 27 heavy (non-hydrogen) atoms. The Labute approximate surface area is 173 Å². The maximum atomic E-state index is 6.01. The molecule has 0 aliphatic heterocycles. The maximum absolute atomic E-state index is 6.01. The van der Waals surface area contributed by atoms with E-state index in [0.29, 0.717) is 4.83 Å². The first kappa shape index (κ1) is 22.1. The lowest BCUT2D eigenvalue weighted by Crippen LogP contribution is -2.01. The normalized spacial score (nSPS) is 12.3. The highest BCUT2D eigenvalue weighted by Gasteiger charge is 2.06. The third kappa shape index (κ3) is 7.37. The van der Waals surface area contributed by atoms with E-state index in [-0.39, 0.29) is 0 Å². The lowest BCUT2D eigenvalue weighted by Gasteiger charge is -2.13. The summed E-state index contributed by atoms with van der Waals surface area (Å²) in [7, 11) is 0. The summed E-state index contributed by atoms with van der Waals surface area (Å²) in [5, 5.41) is 2.47. The molecule has 2 aromatic rings. The van der Waals surface area contributed by atoms with Gasteiger partial charge in [-0.05, 0) is 73.6 Å². The number of fused-ring (bicyclic) bond motifs is 1. The molecule has 0 N–H and O–H groups in total. The molecule has 0 amide bonds. The SMILES string of the molecule is CCCCCCOc1ccc2cc(OCCCCC(Br)CC)ccc2c1C. The van der Waals surface area contributed by atoms with Gasteiger partial charge in [-0.1, -0.05) is 61.2 Å². The van der Waals surface area contributed by atoms with Crippen molar-refractivity contribution in [2.45, 2.75) is 77.0 Å². The van der Waals surface area contributed by atoms with Gasteiger partial charge in [-0.2, -0.15) is 0 Å². The van der Waals surface area contributed by atoms with Crippen LogP contribution in [-0.4, -0.2) is 18.0 Å². The van der Waals surface area contributed by atoms with Gasteiger partial charge in [0.25, 0.3) is 0 Å². The first-order valence-electron chi connectivity index (χ1n) is 10.6. The number of halogens is 1. The van der Waals surface area contributed by atoms with Crippen LogP contribution < -0.4 is 9.47 Å². The van der Waals surface area contributed by atoms with E-state index in [9.17, 15) is 0 Å². The summed E-state index contributed by atoms with van der Waals surface area (Å²) in [5.74, 6) is 1.97. The van der Waals surface area contributed by atoms with E-state index >= 15 is 0 Å². The molecule has 2 aromatic carbocycles. The molecule has 3 heteroatoms. The van der Waals surface area contributed by atoms with Crippen molar-refractivity contribution in [3.63, 3.8) is 0 Å². The van der Waals surface area contributed by atoms with E-state index in [4.69, 9.17) is 9.47 Å². The van der Waals surface area contributed by atoms with Crippen LogP contribution in [0.5, 0.6) is 11.5 Å². The second kappa shape index (κ2) is 12.3. The molecule has 2 nitrogen and oxygen atoms in total. The summed E-state index contributed by atoms with van der Waals surface area (Å²) in [5.41, 5.74) is 1.22. The molecule has 150 valence electrons. The Bertz CT molecular complexity index is 683. The van der Waals surface area contributed by atoms with Crippen molar-refractivity contribution >= 4 is 26.7 Å². The molecule has 0 heterocycles. The predicted molar refractivity (Wildman–Crippen MR) is 121 cm³/mol. The van der Waals surface area contributed by atoms with Gasteiger partial charge in [0.15, 0.2) is 0 Å². The number of unbranched alkanes of at least 4 members (excludes halogenated alkanes) is 4. The van der Waals surface area contributed by atoms with E-state index < -0.39 is 0 Å². The topological polar surface area (TPSA) is 18.5 Å². The van der Waals surface area contributed by atoms with Crippen LogP contribution in [0.15, 0.2) is 30.3 Å². The Hall–Kier alpha value is -1.22. The summed E-state index contributed by atoms with van der Waals surface area (Å²) in [4.78, 5) is 0.643. The van der Waals surface area contributed by atoms with E-state index in [1.807, 2.05) is 0 Å². The van der Waals surface area contributed by atoms with E-state index in [0.717, 1.165) is 37.6 Å². The van der Waals surface area contributed by atoms with Crippen LogP contribution >= 0.6 is 15.9 Å². The Morgan fingerprint density at radius 1 is 0.889 bits per heavy atom. The van der Waals surface area contributed by atoms with Gasteiger partial charge in [-0.25, -0.2) is 0 Å². The Kier molecular flexibility index (Phi) is 10.0. The third-order valence-electron chi connectivity index (χ3n) is 5.09. The van der Waals surface area contributed by atoms with E-state index in [1.165, 1.54) is 54.9 Å². The number of aryl methyl sites for hydroxylation is 1. The Morgan fingerprint density at radius 2 is 1.67 bits per heavy atom. The molecule has 0 bridgehead atoms. The minimum atomic E-state index is 0.643. The lowest BCUT2D eigenvalue weighted by molar-refractivity contribution is 0.303. The largest absolute Gasteiger partial charge is 0.494 e. The van der Waals surface area contributed by atoms with Gasteiger partial charge in [0, 0.05) is 4.83 Å². The zero-order chi connectivity index (χ0) is 19.5. The summed E-state index contributed by atoms with van der Waals surface area (Å²) >= 11 is 3.69. The molecule has 0 radical (unpaired) electrons. The second-order valence-corrected chi connectivity index (χ2v) is 8.63. The van der Waals surface area contributed by atoms with Crippen LogP contribution in [0.2, 0.25) is 0 Å². The molecule has 0 spiro atoms. The molecule has 0 saturated heterocycles. The van der Waals surface area contributed by atoms with Crippen LogP contribution in [-0.2, 0) is 0 Å². The summed E-state index contributed by atoms with van der Waals surface area (Å²) in [6.07, 6.45) is 9.64. The molecule has 0 fully saturated rings. The molecular weight excluding hydrogens is 400 g/mol. The van der Waals surface area contributed by atoms with Crippen LogP contribution in [0.3, 0.4) is 0 Å². The van der Waals surface area contributed by atoms with Gasteiger partial charge in [-0.15, -0.1) is 0 Å². The van der Waals surface area contributed by atoms with Crippen LogP contribution in [0.1, 0.15) is 70.8 Å². The van der Waals surface area contributed by atoms with Gasteiger partial charge in [-0.3, -0.25) is 0 Å². The molecule has 1 atom stereocenters. The Morgan fingerprint density at radius 3 is 2.44 bits per heavy atom. The minimum Gasteiger partial charge on any atom is -0.494 e. The van der Waals surface area contributed by atoms with Crippen LogP contribution in [0.4, 0.5) is 0 Å². The summed E-state index contributed by atoms with van der Waals surface area (Å²) in [6, 6.07) is 10.6. The first-order valence-corrected chi connectivity index (χ1v) is 11.5. The standard InChI is InChI=1S/C24H35BrO2/c1-4-6-7-9-17-27-24-15-12-20-18-22(13-14-23(20)19(24)3)26-16-10-8-11-21(25)5-2/h12-15,18,21H,4-11,16-17H2,1-3H3. The van der Waals surface area contributed by atoms with E-state index in [2.05, 4.69) is 67.0 Å². The molecule has 0 saturated carbocycles. The number of hydrogen-bond donors (Lipinski definition) is 0. The number of benzene rings is 2. The number of hydrogen-bond acceptors (Lipinski definition) is 2. The molecule has 0 aliphatic carbocycles. The Balaban J connectivity index is 1.87. The van der Waals surface area contributed by atoms with Crippen molar-refractivity contribution in [2.75, 3.05) is 13.2 Å². The summed E-state index contributed by atoms with van der Waals surface area (Å²) in [6.45, 7) is 8.19. The lowest BCUT2D eigenvalue weighted by atomic mass is 10.0. The van der Waals surface area contributed by atoms with Gasteiger partial charge in [0.1, 0.15) is 11.5 Å². The fourth-order valence-corrected chi connectivity index (χ4v) is 3.59.